The number of hydrogen-bond donors (Lipinski definition) is 2. The van der Waals surface area contributed by atoms with Gasteiger partial charge >= 0.3 is 0 Å². The highest BCUT2D eigenvalue weighted by atomic mass is 16.1. The number of carbonyl (C=O) groups excluding carboxylic acids is 1. The largest absolute Gasteiger partial charge is 0.384 e. The van der Waals surface area contributed by atoms with Gasteiger partial charge in [-0.1, -0.05) is 6.07 Å². The van der Waals surface area contributed by atoms with Gasteiger partial charge < -0.3 is 16.0 Å². The van der Waals surface area contributed by atoms with Crippen molar-refractivity contribution in [1.29, 1.82) is 0 Å². The zero-order chi connectivity index (χ0) is 16.1. The second kappa shape index (κ2) is 7.00. The van der Waals surface area contributed by atoms with E-state index in [0.717, 1.165) is 23.4 Å². The third-order valence-electron chi connectivity index (χ3n) is 2.97. The van der Waals surface area contributed by atoms with Crippen molar-refractivity contribution in [2.75, 3.05) is 25.1 Å². The van der Waals surface area contributed by atoms with Gasteiger partial charge in [-0.2, -0.15) is 0 Å². The highest BCUT2D eigenvalue weighted by Gasteiger charge is 2.08. The fourth-order valence-electron chi connectivity index (χ4n) is 2.24. The van der Waals surface area contributed by atoms with Gasteiger partial charge in [-0.15, -0.1) is 0 Å². The summed E-state index contributed by atoms with van der Waals surface area (Å²) in [5, 5.41) is 2.89. The lowest BCUT2D eigenvalue weighted by molar-refractivity contribution is -0.115. The molecule has 2 rings (SSSR count). The highest BCUT2D eigenvalue weighted by molar-refractivity contribution is 5.92. The molecule has 0 radical (unpaired) electrons. The van der Waals surface area contributed by atoms with Gasteiger partial charge in [-0.3, -0.25) is 4.79 Å². The number of benzene rings is 1. The summed E-state index contributed by atoms with van der Waals surface area (Å²) in [6.45, 7) is 2.83. The molecule has 0 saturated carbocycles. The molecule has 22 heavy (non-hydrogen) atoms. The lowest BCUT2D eigenvalue weighted by atomic mass is 10.1. The molecule has 1 aromatic carbocycles. The van der Waals surface area contributed by atoms with E-state index in [0.29, 0.717) is 11.6 Å². The van der Waals surface area contributed by atoms with Crippen LogP contribution < -0.4 is 11.1 Å². The molecule has 1 aromatic heterocycles. The first-order valence-electron chi connectivity index (χ1n) is 7.05. The topological polar surface area (TPSA) is 84.1 Å². The summed E-state index contributed by atoms with van der Waals surface area (Å²) in [7, 11) is 4.02. The Kier molecular flexibility index (Phi) is 5.06. The highest BCUT2D eigenvalue weighted by Crippen LogP contribution is 2.16. The van der Waals surface area contributed by atoms with E-state index in [1.54, 1.807) is 12.3 Å². The van der Waals surface area contributed by atoms with Crippen LogP contribution in [0, 0.1) is 6.92 Å². The number of amides is 1. The summed E-state index contributed by atoms with van der Waals surface area (Å²) in [6.07, 6.45) is 1.65. The molecule has 0 fully saturated rings. The zero-order valence-corrected chi connectivity index (χ0v) is 13.1. The van der Waals surface area contributed by atoms with E-state index in [4.69, 9.17) is 5.73 Å². The number of nitrogens with one attached hydrogen (secondary N) is 1. The van der Waals surface area contributed by atoms with Crippen LogP contribution in [0.2, 0.25) is 0 Å². The van der Waals surface area contributed by atoms with Gasteiger partial charge in [-0.05, 0) is 50.3 Å². The van der Waals surface area contributed by atoms with Crippen LogP contribution in [0.3, 0.4) is 0 Å². The molecule has 0 atom stereocenters. The van der Waals surface area contributed by atoms with Crippen molar-refractivity contribution < 1.29 is 4.79 Å². The Morgan fingerprint density at radius 1 is 1.32 bits per heavy atom. The van der Waals surface area contributed by atoms with Crippen molar-refractivity contribution in [3.63, 3.8) is 0 Å². The predicted octanol–water partition coefficient (Wildman–Crippen LogP) is 1.61. The van der Waals surface area contributed by atoms with E-state index in [1.165, 1.54) is 0 Å². The molecule has 116 valence electrons. The maximum absolute atomic E-state index is 12.1. The number of carbonyl (C=O) groups is 1. The van der Waals surface area contributed by atoms with Crippen LogP contribution in [-0.2, 0) is 17.8 Å². The standard InChI is InChI=1S/C16H21N5O/c1-11-6-12(10-21(2)3)8-13(7-11)19-16(22)9-15-18-5-4-14(17)20-15/h4-8H,9-10H2,1-3H3,(H,19,22)(H2,17,18,20). The summed E-state index contributed by atoms with van der Waals surface area (Å²) in [5.74, 6) is 0.618. The minimum absolute atomic E-state index is 0.0992. The summed E-state index contributed by atoms with van der Waals surface area (Å²) in [5.41, 5.74) is 8.63. The van der Waals surface area contributed by atoms with Crippen LogP contribution in [-0.4, -0.2) is 34.9 Å². The zero-order valence-electron chi connectivity index (χ0n) is 13.1. The third kappa shape index (κ3) is 4.82. The average molecular weight is 299 g/mol. The fraction of sp³-hybridized carbons (Fsp3) is 0.312. The number of nitrogen functional groups attached to an aromatic ring is 1. The molecule has 0 aliphatic rings. The second-order valence-corrected chi connectivity index (χ2v) is 5.57. The van der Waals surface area contributed by atoms with Crippen molar-refractivity contribution in [2.24, 2.45) is 0 Å². The molecule has 0 saturated heterocycles. The maximum atomic E-state index is 12.1. The molecule has 0 aliphatic heterocycles. The van der Waals surface area contributed by atoms with E-state index in [1.807, 2.05) is 33.2 Å². The summed E-state index contributed by atoms with van der Waals surface area (Å²) in [6, 6.07) is 7.62. The fourth-order valence-corrected chi connectivity index (χ4v) is 2.24. The van der Waals surface area contributed by atoms with Gasteiger partial charge in [0.1, 0.15) is 11.6 Å². The van der Waals surface area contributed by atoms with E-state index in [2.05, 4.69) is 26.3 Å². The molecule has 0 bridgehead atoms. The Morgan fingerprint density at radius 2 is 2.09 bits per heavy atom. The molecule has 6 heteroatoms. The quantitative estimate of drug-likeness (QED) is 0.876. The summed E-state index contributed by atoms with van der Waals surface area (Å²) >= 11 is 0. The molecule has 0 unspecified atom stereocenters. The van der Waals surface area contributed by atoms with Crippen molar-refractivity contribution in [3.8, 4) is 0 Å². The third-order valence-corrected chi connectivity index (χ3v) is 2.97. The normalized spacial score (nSPS) is 10.7. The number of nitrogens with zero attached hydrogens (tertiary/aromatic N) is 3. The second-order valence-electron chi connectivity index (χ2n) is 5.57. The molecule has 2 aromatic rings. The molecular formula is C16H21N5O. The first kappa shape index (κ1) is 15.9. The van der Waals surface area contributed by atoms with E-state index < -0.39 is 0 Å². The molecular weight excluding hydrogens is 278 g/mol. The van der Waals surface area contributed by atoms with Crippen LogP contribution >= 0.6 is 0 Å². The van der Waals surface area contributed by atoms with Crippen LogP contribution in [0.15, 0.2) is 30.5 Å². The molecule has 6 nitrogen and oxygen atoms in total. The molecule has 0 spiro atoms. The maximum Gasteiger partial charge on any atom is 0.232 e. The average Bonchev–Trinajstić information content (AvgIpc) is 2.36. The van der Waals surface area contributed by atoms with Gasteiger partial charge in [0.15, 0.2) is 0 Å². The van der Waals surface area contributed by atoms with Crippen molar-refractivity contribution in [1.82, 2.24) is 14.9 Å². The Morgan fingerprint density at radius 3 is 2.77 bits per heavy atom. The van der Waals surface area contributed by atoms with Crippen molar-refractivity contribution >= 4 is 17.4 Å². The van der Waals surface area contributed by atoms with Gasteiger partial charge in [0, 0.05) is 18.4 Å². The van der Waals surface area contributed by atoms with E-state index in [-0.39, 0.29) is 12.3 Å². The SMILES string of the molecule is Cc1cc(CN(C)C)cc(NC(=O)Cc2nccc(N)n2)c1. The minimum atomic E-state index is -0.160. The monoisotopic (exact) mass is 299 g/mol. The molecule has 1 heterocycles. The number of hydrogen-bond acceptors (Lipinski definition) is 5. The number of anilines is 2. The smallest absolute Gasteiger partial charge is 0.232 e. The Hall–Kier alpha value is -2.47. The van der Waals surface area contributed by atoms with Gasteiger partial charge in [0.2, 0.25) is 5.91 Å². The Labute approximate surface area is 130 Å². The molecule has 1 amide bonds. The Bertz CT molecular complexity index is 669. The van der Waals surface area contributed by atoms with Gasteiger partial charge in [0.05, 0.1) is 6.42 Å². The first-order chi connectivity index (χ1) is 10.4. The number of nitrogens with two attached hydrogens (primary N) is 1. The van der Waals surface area contributed by atoms with Crippen LogP contribution in [0.5, 0.6) is 0 Å². The molecule has 3 N–H and O–H groups in total. The first-order valence-corrected chi connectivity index (χ1v) is 7.05. The van der Waals surface area contributed by atoms with E-state index >= 15 is 0 Å². The van der Waals surface area contributed by atoms with Crippen molar-refractivity contribution in [2.45, 2.75) is 19.9 Å². The lowest BCUT2D eigenvalue weighted by Crippen LogP contribution is -2.17. The summed E-state index contributed by atoms with van der Waals surface area (Å²) in [4.78, 5) is 22.2. The summed E-state index contributed by atoms with van der Waals surface area (Å²) < 4.78 is 0. The van der Waals surface area contributed by atoms with Crippen LogP contribution in [0.4, 0.5) is 11.5 Å². The lowest BCUT2D eigenvalue weighted by Gasteiger charge is -2.13. The van der Waals surface area contributed by atoms with Gasteiger partial charge in [-0.25, -0.2) is 9.97 Å². The van der Waals surface area contributed by atoms with E-state index in [9.17, 15) is 4.79 Å². The Balaban J connectivity index is 2.06. The number of rotatable bonds is 5. The van der Waals surface area contributed by atoms with Gasteiger partial charge in [0.25, 0.3) is 0 Å². The van der Waals surface area contributed by atoms with Crippen molar-refractivity contribution in [3.05, 3.63) is 47.4 Å². The predicted molar refractivity (Wildman–Crippen MR) is 87.3 cm³/mol. The number of aromatic nitrogens is 2. The van der Waals surface area contributed by atoms with Crippen LogP contribution in [0.1, 0.15) is 17.0 Å². The minimum Gasteiger partial charge on any atom is -0.384 e. The van der Waals surface area contributed by atoms with Crippen LogP contribution in [0.25, 0.3) is 0 Å². The number of aryl methyl sites for hydroxylation is 1. The molecule has 0 aliphatic carbocycles.